The van der Waals surface area contributed by atoms with Gasteiger partial charge in [0.2, 0.25) is 0 Å². The van der Waals surface area contributed by atoms with Crippen molar-refractivity contribution in [3.63, 3.8) is 0 Å². The number of hydrogen-bond acceptors (Lipinski definition) is 6. The average Bonchev–Trinajstić information content (AvgIpc) is 4.14. The fourth-order valence-corrected chi connectivity index (χ4v) is 13.6. The van der Waals surface area contributed by atoms with Crippen LogP contribution in [0.5, 0.6) is 0 Å². The number of unbranched alkanes of at least 4 members (excludes halogenated alkanes) is 1. The van der Waals surface area contributed by atoms with Crippen LogP contribution in [0.2, 0.25) is 0 Å². The van der Waals surface area contributed by atoms with E-state index < -0.39 is 39.2 Å². The number of alkyl halides is 3. The van der Waals surface area contributed by atoms with E-state index in [2.05, 4.69) is 78.3 Å². The number of nitrogens with zero attached hydrogens (tertiary/aromatic N) is 2. The molecule has 79 heavy (non-hydrogen) atoms. The Morgan fingerprint density at radius 2 is 1.09 bits per heavy atom. The number of ether oxygens (including phenoxy) is 2. The molecule has 3 unspecified atom stereocenters. The van der Waals surface area contributed by atoms with Crippen molar-refractivity contribution in [1.82, 2.24) is 29.2 Å². The molecule has 0 radical (unpaired) electrons. The SMILES string of the molecule is CCCCC(CC)Cc1c(C)c(C(=O)NC2CCOCC2)cn1-c1ccc(S(=O)NC(C)(C)C)c(C(C)(C)C)c1.Cc1c(C(=O)NC2CCOCC2)cn(-c2ccc(S(=O)NC(C)(C)C)c(C(F)(F)F)c2)c1CC1CCCCC1. The monoisotopic (exact) mass is 1140 g/mol. The van der Waals surface area contributed by atoms with Gasteiger partial charge in [-0.15, -0.1) is 0 Å². The molecule has 3 aliphatic rings. The summed E-state index contributed by atoms with van der Waals surface area (Å²) >= 11 is 0. The number of benzene rings is 2. The van der Waals surface area contributed by atoms with E-state index in [0.717, 1.165) is 109 Å². The maximum Gasteiger partial charge on any atom is 0.417 e. The zero-order chi connectivity index (χ0) is 58.0. The van der Waals surface area contributed by atoms with Gasteiger partial charge in [-0.25, -0.2) is 17.9 Å². The van der Waals surface area contributed by atoms with E-state index in [0.29, 0.717) is 55.9 Å². The molecular weight excluding hydrogens is 1050 g/mol. The van der Waals surface area contributed by atoms with Crippen molar-refractivity contribution >= 4 is 33.8 Å². The summed E-state index contributed by atoms with van der Waals surface area (Å²) in [6, 6.07) is 10.3. The number of amides is 2. The molecule has 1 saturated carbocycles. The topological polar surface area (TPSA) is 145 Å². The van der Waals surface area contributed by atoms with Crippen LogP contribution in [0, 0.1) is 25.7 Å². The van der Waals surface area contributed by atoms with Gasteiger partial charge in [0, 0.05) is 84.7 Å². The van der Waals surface area contributed by atoms with Gasteiger partial charge < -0.3 is 29.2 Å². The average molecular weight is 1140 g/mol. The minimum absolute atomic E-state index is 0.00541. The second-order valence-corrected chi connectivity index (χ2v) is 27.7. The lowest BCUT2D eigenvalue weighted by molar-refractivity contribution is -0.139. The fraction of sp³-hybridized carbons (Fsp3) is 0.645. The first-order chi connectivity index (χ1) is 37.1. The van der Waals surface area contributed by atoms with Gasteiger partial charge in [-0.1, -0.05) is 92.4 Å². The summed E-state index contributed by atoms with van der Waals surface area (Å²) < 4.78 is 89.8. The number of rotatable bonds is 18. The maximum absolute atomic E-state index is 14.2. The Hall–Kier alpha value is -4.13. The van der Waals surface area contributed by atoms with Crippen LogP contribution in [-0.2, 0) is 55.9 Å². The van der Waals surface area contributed by atoms with Gasteiger partial charge in [-0.2, -0.15) is 13.2 Å². The minimum Gasteiger partial charge on any atom is -0.381 e. The van der Waals surface area contributed by atoms with Gasteiger partial charge in [0.05, 0.1) is 26.5 Å². The Morgan fingerprint density at radius 3 is 1.52 bits per heavy atom. The molecule has 2 amide bonds. The van der Waals surface area contributed by atoms with Crippen molar-refractivity contribution in [3.05, 3.63) is 93.6 Å². The van der Waals surface area contributed by atoms with Crippen LogP contribution in [0.1, 0.15) is 214 Å². The molecule has 2 aromatic heterocycles. The zero-order valence-electron chi connectivity index (χ0n) is 49.7. The number of carbonyl (C=O) groups is 2. The normalized spacial score (nSPS) is 17.7. The van der Waals surface area contributed by atoms with Gasteiger partial charge in [0.15, 0.2) is 0 Å². The molecule has 0 bridgehead atoms. The van der Waals surface area contributed by atoms with Gasteiger partial charge in [0.25, 0.3) is 11.8 Å². The summed E-state index contributed by atoms with van der Waals surface area (Å²) in [4.78, 5) is 27.4. The van der Waals surface area contributed by atoms with E-state index in [1.165, 1.54) is 37.4 Å². The van der Waals surface area contributed by atoms with E-state index in [1.807, 2.05) is 40.0 Å². The van der Waals surface area contributed by atoms with E-state index in [4.69, 9.17) is 9.47 Å². The molecule has 2 aliphatic heterocycles. The summed E-state index contributed by atoms with van der Waals surface area (Å²) in [7, 11) is -3.39. The highest BCUT2D eigenvalue weighted by atomic mass is 32.2. The summed E-state index contributed by atoms with van der Waals surface area (Å²) in [5.41, 5.74) is 5.41. The Kier molecular flexibility index (Phi) is 22.5. The number of aromatic nitrogens is 2. The summed E-state index contributed by atoms with van der Waals surface area (Å²) in [5, 5.41) is 6.36. The summed E-state index contributed by atoms with van der Waals surface area (Å²) in [5.74, 6) is 0.756. The smallest absolute Gasteiger partial charge is 0.381 e. The highest BCUT2D eigenvalue weighted by Crippen LogP contribution is 2.38. The van der Waals surface area contributed by atoms with Crippen LogP contribution in [0.3, 0.4) is 0 Å². The van der Waals surface area contributed by atoms with Crippen LogP contribution < -0.4 is 20.1 Å². The van der Waals surface area contributed by atoms with Crippen LogP contribution in [0.25, 0.3) is 11.4 Å². The summed E-state index contributed by atoms with van der Waals surface area (Å²) in [6.45, 7) is 28.9. The molecule has 7 rings (SSSR count). The Morgan fingerprint density at radius 1 is 0.646 bits per heavy atom. The predicted molar refractivity (Wildman–Crippen MR) is 313 cm³/mol. The van der Waals surface area contributed by atoms with Crippen LogP contribution in [0.4, 0.5) is 13.2 Å². The molecule has 3 fully saturated rings. The highest BCUT2D eigenvalue weighted by Gasteiger charge is 2.37. The number of hydrogen-bond donors (Lipinski definition) is 4. The molecule has 3 atom stereocenters. The Bertz CT molecular complexity index is 2730. The minimum atomic E-state index is -4.70. The predicted octanol–water partition coefficient (Wildman–Crippen LogP) is 13.4. The first kappa shape index (κ1) is 64.0. The lowest BCUT2D eigenvalue weighted by atomic mass is 9.85. The molecule has 4 aromatic rings. The van der Waals surface area contributed by atoms with E-state index in [9.17, 15) is 31.2 Å². The molecule has 440 valence electrons. The van der Waals surface area contributed by atoms with Crippen molar-refractivity contribution in [1.29, 1.82) is 0 Å². The highest BCUT2D eigenvalue weighted by molar-refractivity contribution is 7.83. The lowest BCUT2D eigenvalue weighted by Gasteiger charge is -2.27. The quantitative estimate of drug-likeness (QED) is 0.0781. The second-order valence-electron chi connectivity index (χ2n) is 25.4. The molecule has 1 aliphatic carbocycles. The van der Waals surface area contributed by atoms with Crippen molar-refractivity contribution in [2.45, 2.75) is 231 Å². The second kappa shape index (κ2) is 27.8. The summed E-state index contributed by atoms with van der Waals surface area (Å²) in [6.07, 6.45) is 14.1. The van der Waals surface area contributed by atoms with Crippen LogP contribution in [0.15, 0.2) is 58.6 Å². The Balaban J connectivity index is 0.000000255. The van der Waals surface area contributed by atoms with Crippen molar-refractivity contribution < 1.29 is 40.7 Å². The fourth-order valence-electron chi connectivity index (χ4n) is 10.9. The largest absolute Gasteiger partial charge is 0.417 e. The van der Waals surface area contributed by atoms with Gasteiger partial charge in [0.1, 0.15) is 22.0 Å². The van der Waals surface area contributed by atoms with Gasteiger partial charge in [-0.3, -0.25) is 9.59 Å². The maximum atomic E-state index is 14.2. The standard InChI is InChI=1S/C33H53N3O3S.C29H40F3N3O3S/c1-10-12-13-24(11-2)20-29-23(3)27(31(37)34-25-16-18-39-19-17-25)22-36(29)26-14-15-30(28(21-26)32(4,5)6)40(38)35-33(7,8)9;1-19-23(27(36)33-21-12-14-38-15-13-21)18-35(25(19)16-20-8-6-5-7-9-20)22-10-11-26(24(17-22)29(30,31)32)39(37)34-28(2,3)4/h14-15,21-22,24-25,35H,10-13,16-20H2,1-9H3,(H,34,37);10-11,17-18,20-21,34H,5-9,12-16H2,1-4H3,(H,33,36). The third-order valence-electron chi connectivity index (χ3n) is 15.4. The first-order valence-corrected chi connectivity index (χ1v) is 31.3. The third kappa shape index (κ3) is 17.9. The molecule has 12 nitrogen and oxygen atoms in total. The molecule has 2 saturated heterocycles. The number of nitrogens with one attached hydrogen (secondary N) is 4. The van der Waals surface area contributed by atoms with Crippen molar-refractivity contribution in [3.8, 4) is 11.4 Å². The molecular formula is C62H93F3N6O6S2. The number of halogens is 3. The Labute approximate surface area is 475 Å². The molecule has 0 spiro atoms. The van der Waals surface area contributed by atoms with E-state index in [1.54, 1.807) is 37.6 Å². The molecule has 2 aromatic carbocycles. The lowest BCUT2D eigenvalue weighted by Crippen LogP contribution is -2.39. The zero-order valence-corrected chi connectivity index (χ0v) is 51.3. The van der Waals surface area contributed by atoms with Crippen molar-refractivity contribution in [2.75, 3.05) is 26.4 Å². The van der Waals surface area contributed by atoms with Crippen LogP contribution >= 0.6 is 0 Å². The van der Waals surface area contributed by atoms with Gasteiger partial charge in [-0.05, 0) is 164 Å². The first-order valence-electron chi connectivity index (χ1n) is 29.0. The van der Waals surface area contributed by atoms with E-state index >= 15 is 0 Å². The number of carbonyl (C=O) groups excluding carboxylic acids is 2. The van der Waals surface area contributed by atoms with Crippen LogP contribution in [-0.4, -0.2) is 79.0 Å². The molecule has 4 heterocycles. The van der Waals surface area contributed by atoms with E-state index in [-0.39, 0.29) is 39.7 Å². The van der Waals surface area contributed by atoms with Gasteiger partial charge >= 0.3 is 6.18 Å². The van der Waals surface area contributed by atoms with Crippen molar-refractivity contribution in [2.24, 2.45) is 11.8 Å². The molecule has 17 heteroatoms. The third-order valence-corrected chi connectivity index (χ3v) is 18.5. The molecule has 4 N–H and O–H groups in total.